The number of methoxy groups -OCH3 is 1. The molecule has 4 nitrogen and oxygen atoms in total. The Hall–Kier alpha value is -1.84. The summed E-state index contributed by atoms with van der Waals surface area (Å²) in [6.45, 7) is 0. The van der Waals surface area contributed by atoms with E-state index in [0.29, 0.717) is 12.0 Å². The second-order valence-electron chi connectivity index (χ2n) is 3.90. The second kappa shape index (κ2) is 3.96. The van der Waals surface area contributed by atoms with Gasteiger partial charge in [0.2, 0.25) is 0 Å². The van der Waals surface area contributed by atoms with Crippen LogP contribution in [0.5, 0.6) is 0 Å². The van der Waals surface area contributed by atoms with Crippen molar-refractivity contribution in [3.63, 3.8) is 0 Å². The Kier molecular flexibility index (Phi) is 2.64. The lowest BCUT2D eigenvalue weighted by Gasteiger charge is -2.01. The number of esters is 1. The number of benzene rings is 1. The van der Waals surface area contributed by atoms with Crippen molar-refractivity contribution in [3.8, 4) is 0 Å². The van der Waals surface area contributed by atoms with Gasteiger partial charge in [0.05, 0.1) is 18.6 Å². The lowest BCUT2D eigenvalue weighted by molar-refractivity contribution is -0.138. The van der Waals surface area contributed by atoms with E-state index in [4.69, 9.17) is 5.11 Å². The molecule has 1 aliphatic carbocycles. The van der Waals surface area contributed by atoms with Crippen molar-refractivity contribution in [3.05, 3.63) is 35.4 Å². The summed E-state index contributed by atoms with van der Waals surface area (Å²) in [4.78, 5) is 21.9. The zero-order chi connectivity index (χ0) is 11.7. The molecular formula is C12H12O4. The van der Waals surface area contributed by atoms with Gasteiger partial charge in [-0.3, -0.25) is 4.79 Å². The third-order valence-corrected chi connectivity index (χ3v) is 2.87. The smallest absolute Gasteiger partial charge is 0.337 e. The van der Waals surface area contributed by atoms with Crippen molar-refractivity contribution in [1.82, 2.24) is 0 Å². The molecule has 1 aromatic rings. The third-order valence-electron chi connectivity index (χ3n) is 2.87. The first-order valence-corrected chi connectivity index (χ1v) is 5.04. The second-order valence-corrected chi connectivity index (χ2v) is 3.90. The molecule has 0 spiro atoms. The minimum atomic E-state index is -0.748. The van der Waals surface area contributed by atoms with Crippen LogP contribution in [0.25, 0.3) is 0 Å². The van der Waals surface area contributed by atoms with Gasteiger partial charge in [-0.25, -0.2) is 4.79 Å². The van der Waals surface area contributed by atoms with Crippen molar-refractivity contribution in [2.75, 3.05) is 7.11 Å². The molecule has 0 saturated heterocycles. The number of ether oxygens (including phenoxy) is 1. The van der Waals surface area contributed by atoms with Crippen LogP contribution in [0.1, 0.15) is 28.3 Å². The quantitative estimate of drug-likeness (QED) is 0.787. The van der Waals surface area contributed by atoms with E-state index in [9.17, 15) is 9.59 Å². The van der Waals surface area contributed by atoms with Crippen LogP contribution in [-0.2, 0) is 9.53 Å². The molecule has 1 aromatic carbocycles. The van der Waals surface area contributed by atoms with Crippen LogP contribution in [0.15, 0.2) is 24.3 Å². The molecule has 2 atom stereocenters. The molecule has 1 fully saturated rings. The summed E-state index contributed by atoms with van der Waals surface area (Å²) in [7, 11) is 1.33. The van der Waals surface area contributed by atoms with Crippen LogP contribution >= 0.6 is 0 Å². The summed E-state index contributed by atoms with van der Waals surface area (Å²) in [5.41, 5.74) is 1.46. The molecule has 1 aliphatic rings. The molecule has 4 heteroatoms. The Morgan fingerprint density at radius 3 is 2.38 bits per heavy atom. The average Bonchev–Trinajstić information content (AvgIpc) is 3.08. The lowest BCUT2D eigenvalue weighted by Crippen LogP contribution is -2.01. The highest BCUT2D eigenvalue weighted by molar-refractivity contribution is 5.89. The van der Waals surface area contributed by atoms with Crippen molar-refractivity contribution >= 4 is 11.9 Å². The molecule has 0 aromatic heterocycles. The molecule has 0 unspecified atom stereocenters. The summed E-state index contributed by atoms with van der Waals surface area (Å²) in [5, 5.41) is 8.79. The highest BCUT2D eigenvalue weighted by Crippen LogP contribution is 2.47. The number of hydrogen-bond acceptors (Lipinski definition) is 3. The third kappa shape index (κ3) is 1.91. The van der Waals surface area contributed by atoms with Gasteiger partial charge < -0.3 is 9.84 Å². The fraction of sp³-hybridized carbons (Fsp3) is 0.333. The fourth-order valence-electron chi connectivity index (χ4n) is 1.82. The summed E-state index contributed by atoms with van der Waals surface area (Å²) in [5.74, 6) is -1.28. The molecule has 84 valence electrons. The molecule has 1 saturated carbocycles. The maximum atomic E-state index is 11.2. The van der Waals surface area contributed by atoms with Gasteiger partial charge >= 0.3 is 11.9 Å². The number of aliphatic carboxylic acids is 1. The predicted molar refractivity (Wildman–Crippen MR) is 56.3 cm³/mol. The number of hydrogen-bond donors (Lipinski definition) is 1. The highest BCUT2D eigenvalue weighted by Gasteiger charge is 2.44. The number of rotatable bonds is 3. The van der Waals surface area contributed by atoms with Gasteiger partial charge in [-0.05, 0) is 30.0 Å². The van der Waals surface area contributed by atoms with Gasteiger partial charge in [0.25, 0.3) is 0 Å². The van der Waals surface area contributed by atoms with Gasteiger partial charge in [-0.15, -0.1) is 0 Å². The van der Waals surface area contributed by atoms with Gasteiger partial charge in [0.15, 0.2) is 0 Å². The van der Waals surface area contributed by atoms with Crippen LogP contribution in [0, 0.1) is 5.92 Å². The first-order valence-electron chi connectivity index (χ1n) is 5.04. The van der Waals surface area contributed by atoms with Crippen LogP contribution in [-0.4, -0.2) is 24.2 Å². The molecule has 0 radical (unpaired) electrons. The Bertz CT molecular complexity index is 421. The molecule has 2 rings (SSSR count). The Morgan fingerprint density at radius 2 is 1.94 bits per heavy atom. The molecule has 16 heavy (non-hydrogen) atoms. The zero-order valence-corrected chi connectivity index (χ0v) is 8.84. The zero-order valence-electron chi connectivity index (χ0n) is 8.84. The monoisotopic (exact) mass is 220 g/mol. The molecule has 0 heterocycles. The van der Waals surface area contributed by atoms with E-state index in [0.717, 1.165) is 5.56 Å². The number of carbonyl (C=O) groups excluding carboxylic acids is 1. The summed E-state index contributed by atoms with van der Waals surface area (Å²) < 4.78 is 4.58. The molecule has 0 aliphatic heterocycles. The van der Waals surface area contributed by atoms with Crippen molar-refractivity contribution < 1.29 is 19.4 Å². The number of carboxylic acid groups (broad SMARTS) is 1. The van der Waals surface area contributed by atoms with Crippen molar-refractivity contribution in [2.24, 2.45) is 5.92 Å². The fourth-order valence-corrected chi connectivity index (χ4v) is 1.82. The topological polar surface area (TPSA) is 63.6 Å². The van der Waals surface area contributed by atoms with Crippen LogP contribution in [0.3, 0.4) is 0 Å². The van der Waals surface area contributed by atoms with E-state index in [1.54, 1.807) is 24.3 Å². The lowest BCUT2D eigenvalue weighted by atomic mass is 10.1. The molecule has 0 bridgehead atoms. The van der Waals surface area contributed by atoms with Gasteiger partial charge in [-0.1, -0.05) is 12.1 Å². The van der Waals surface area contributed by atoms with Gasteiger partial charge in [0.1, 0.15) is 0 Å². The normalized spacial score (nSPS) is 22.6. The maximum absolute atomic E-state index is 11.2. The van der Waals surface area contributed by atoms with E-state index in [2.05, 4.69) is 4.74 Å². The first-order chi connectivity index (χ1) is 7.63. The SMILES string of the molecule is COC(=O)c1ccc([C@@H]2C[C@@H]2C(=O)O)cc1. The molecule has 0 amide bonds. The minimum absolute atomic E-state index is 0.101. The van der Waals surface area contributed by atoms with Crippen LogP contribution in [0.4, 0.5) is 0 Å². The summed E-state index contributed by atoms with van der Waals surface area (Å²) in [6.07, 6.45) is 0.687. The highest BCUT2D eigenvalue weighted by atomic mass is 16.5. The average molecular weight is 220 g/mol. The van der Waals surface area contributed by atoms with E-state index in [1.165, 1.54) is 7.11 Å². The van der Waals surface area contributed by atoms with E-state index in [-0.39, 0.29) is 17.8 Å². The van der Waals surface area contributed by atoms with Crippen molar-refractivity contribution in [1.29, 1.82) is 0 Å². The Balaban J connectivity index is 2.09. The number of carbonyl (C=O) groups is 2. The van der Waals surface area contributed by atoms with Gasteiger partial charge in [0, 0.05) is 0 Å². The van der Waals surface area contributed by atoms with Crippen molar-refractivity contribution in [2.45, 2.75) is 12.3 Å². The predicted octanol–water partition coefficient (Wildman–Crippen LogP) is 1.66. The van der Waals surface area contributed by atoms with Crippen LogP contribution in [0.2, 0.25) is 0 Å². The summed E-state index contributed by atoms with van der Waals surface area (Å²) in [6, 6.07) is 6.91. The van der Waals surface area contributed by atoms with Gasteiger partial charge in [-0.2, -0.15) is 0 Å². The Morgan fingerprint density at radius 1 is 1.31 bits per heavy atom. The maximum Gasteiger partial charge on any atom is 0.337 e. The molecular weight excluding hydrogens is 208 g/mol. The molecule has 1 N–H and O–H groups in total. The van der Waals surface area contributed by atoms with E-state index < -0.39 is 5.97 Å². The standard InChI is InChI=1S/C12H12O4/c1-16-12(15)8-4-2-7(3-5-8)9-6-10(9)11(13)14/h2-5,9-10H,6H2,1H3,(H,13,14)/t9-,10-/m0/s1. The summed E-state index contributed by atoms with van der Waals surface area (Å²) >= 11 is 0. The number of carboxylic acids is 1. The first kappa shape index (κ1) is 10.7. The largest absolute Gasteiger partial charge is 0.481 e. The van der Waals surface area contributed by atoms with E-state index >= 15 is 0 Å². The van der Waals surface area contributed by atoms with E-state index in [1.807, 2.05) is 0 Å². The van der Waals surface area contributed by atoms with Crippen LogP contribution < -0.4 is 0 Å². The Labute approximate surface area is 92.8 Å². The minimum Gasteiger partial charge on any atom is -0.481 e.